The van der Waals surface area contributed by atoms with E-state index in [0.717, 1.165) is 31.1 Å². The number of carbonyl (C=O) groups is 1. The predicted molar refractivity (Wildman–Crippen MR) is 146 cm³/mol. The molecule has 9 heteroatoms. The van der Waals surface area contributed by atoms with Crippen LogP contribution in [-0.4, -0.2) is 27.6 Å². The van der Waals surface area contributed by atoms with Gasteiger partial charge in [0.25, 0.3) is 0 Å². The SMILES string of the molecule is CCCSNc1ccc(F)c(C(=O)c2c[nH]c3ncc(-c4ccc(OC5CCCC5)cc4Cl)cc23)c1F. The van der Waals surface area contributed by atoms with Crippen molar-refractivity contribution >= 4 is 46.1 Å². The van der Waals surface area contributed by atoms with Gasteiger partial charge in [0.15, 0.2) is 5.82 Å². The van der Waals surface area contributed by atoms with Gasteiger partial charge >= 0.3 is 0 Å². The number of nitrogens with zero attached hydrogens (tertiary/aromatic N) is 1. The van der Waals surface area contributed by atoms with Gasteiger partial charge < -0.3 is 14.4 Å². The number of carbonyl (C=O) groups excluding carboxylic acids is 1. The van der Waals surface area contributed by atoms with Crippen molar-refractivity contribution < 1.29 is 18.3 Å². The molecule has 0 atom stereocenters. The molecule has 1 aliphatic carbocycles. The maximum Gasteiger partial charge on any atom is 0.201 e. The van der Waals surface area contributed by atoms with Crippen LogP contribution in [0.15, 0.2) is 48.8 Å². The first-order valence-corrected chi connectivity index (χ1v) is 13.7. The smallest absolute Gasteiger partial charge is 0.201 e. The molecule has 0 aliphatic heterocycles. The monoisotopic (exact) mass is 541 g/mol. The Hall–Kier alpha value is -3.10. The van der Waals surface area contributed by atoms with E-state index in [2.05, 4.69) is 14.7 Å². The predicted octanol–water partition coefficient (Wildman–Crippen LogP) is 8.18. The molecule has 0 amide bonds. The molecule has 2 aromatic heterocycles. The molecule has 0 bridgehead atoms. The van der Waals surface area contributed by atoms with E-state index in [1.54, 1.807) is 18.3 Å². The Morgan fingerprint density at radius 2 is 2.03 bits per heavy atom. The summed E-state index contributed by atoms with van der Waals surface area (Å²) in [5, 5.41) is 0.933. The van der Waals surface area contributed by atoms with Crippen LogP contribution in [0, 0.1) is 11.6 Å². The number of fused-ring (bicyclic) bond motifs is 1. The van der Waals surface area contributed by atoms with Crippen LogP contribution in [0.1, 0.15) is 54.9 Å². The van der Waals surface area contributed by atoms with E-state index >= 15 is 4.39 Å². The third-order valence-electron chi connectivity index (χ3n) is 6.44. The summed E-state index contributed by atoms with van der Waals surface area (Å²) in [6.07, 6.45) is 8.60. The van der Waals surface area contributed by atoms with Gasteiger partial charge in [-0.05, 0) is 68.5 Å². The van der Waals surface area contributed by atoms with Gasteiger partial charge in [0.05, 0.1) is 22.4 Å². The normalized spacial score (nSPS) is 13.8. The zero-order chi connectivity index (χ0) is 25.9. The van der Waals surface area contributed by atoms with Crippen LogP contribution in [0.2, 0.25) is 5.02 Å². The summed E-state index contributed by atoms with van der Waals surface area (Å²) in [5.74, 6) is -1.16. The van der Waals surface area contributed by atoms with Crippen LogP contribution in [-0.2, 0) is 0 Å². The minimum atomic E-state index is -0.923. The Labute approximate surface area is 223 Å². The number of pyridine rings is 1. The molecule has 192 valence electrons. The topological polar surface area (TPSA) is 67.0 Å². The van der Waals surface area contributed by atoms with E-state index in [1.165, 1.54) is 37.1 Å². The fraction of sp³-hybridized carbons (Fsp3) is 0.286. The summed E-state index contributed by atoms with van der Waals surface area (Å²) in [5.41, 5.74) is 1.39. The Morgan fingerprint density at radius 1 is 1.22 bits per heavy atom. The van der Waals surface area contributed by atoms with E-state index in [0.29, 0.717) is 32.9 Å². The van der Waals surface area contributed by atoms with Gasteiger partial charge in [-0.3, -0.25) is 4.79 Å². The molecule has 0 spiro atoms. The summed E-state index contributed by atoms with van der Waals surface area (Å²) in [7, 11) is 0. The quantitative estimate of drug-likeness (QED) is 0.127. The lowest BCUT2D eigenvalue weighted by Crippen LogP contribution is -2.10. The minimum absolute atomic E-state index is 0.0635. The summed E-state index contributed by atoms with van der Waals surface area (Å²) < 4.78 is 38.8. The van der Waals surface area contributed by atoms with E-state index in [-0.39, 0.29) is 17.4 Å². The van der Waals surface area contributed by atoms with Gasteiger partial charge in [-0.1, -0.05) is 30.5 Å². The highest BCUT2D eigenvalue weighted by atomic mass is 35.5. The van der Waals surface area contributed by atoms with Crippen molar-refractivity contribution in [1.82, 2.24) is 9.97 Å². The minimum Gasteiger partial charge on any atom is -0.490 e. The Morgan fingerprint density at radius 3 is 2.78 bits per heavy atom. The summed E-state index contributed by atoms with van der Waals surface area (Å²) in [6.45, 7) is 2.00. The molecule has 5 nitrogen and oxygen atoms in total. The number of aromatic amines is 1. The van der Waals surface area contributed by atoms with Gasteiger partial charge in [-0.15, -0.1) is 0 Å². The number of anilines is 1. The molecule has 2 N–H and O–H groups in total. The number of H-pyrrole nitrogens is 1. The molecule has 1 saturated carbocycles. The zero-order valence-corrected chi connectivity index (χ0v) is 21.8. The van der Waals surface area contributed by atoms with Crippen molar-refractivity contribution in [2.24, 2.45) is 0 Å². The number of ether oxygens (including phenoxy) is 1. The molecule has 2 aromatic carbocycles. The number of rotatable bonds is 9. The van der Waals surface area contributed by atoms with E-state index < -0.39 is 23.0 Å². The molecule has 0 radical (unpaired) electrons. The van der Waals surface area contributed by atoms with E-state index in [4.69, 9.17) is 16.3 Å². The lowest BCUT2D eigenvalue weighted by molar-refractivity contribution is 0.103. The maximum absolute atomic E-state index is 15.2. The largest absolute Gasteiger partial charge is 0.490 e. The van der Waals surface area contributed by atoms with Crippen molar-refractivity contribution in [2.45, 2.75) is 45.1 Å². The number of ketones is 1. The van der Waals surface area contributed by atoms with Gasteiger partial charge in [-0.25, -0.2) is 13.8 Å². The molecular formula is C28H26ClF2N3O2S. The fourth-order valence-electron chi connectivity index (χ4n) is 4.55. The highest BCUT2D eigenvalue weighted by molar-refractivity contribution is 8.00. The van der Waals surface area contributed by atoms with E-state index in [9.17, 15) is 9.18 Å². The third-order valence-corrected chi connectivity index (χ3v) is 7.73. The van der Waals surface area contributed by atoms with Gasteiger partial charge in [0, 0.05) is 40.2 Å². The van der Waals surface area contributed by atoms with Crippen LogP contribution in [0.25, 0.3) is 22.2 Å². The number of benzene rings is 2. The molecular weight excluding hydrogens is 516 g/mol. The maximum atomic E-state index is 15.2. The molecule has 5 rings (SSSR count). The van der Waals surface area contributed by atoms with Crippen molar-refractivity contribution in [3.05, 3.63) is 76.6 Å². The average molecular weight is 542 g/mol. The zero-order valence-electron chi connectivity index (χ0n) is 20.2. The third kappa shape index (κ3) is 5.31. The first kappa shape index (κ1) is 25.5. The average Bonchev–Trinajstić information content (AvgIpc) is 3.55. The van der Waals surface area contributed by atoms with Crippen LogP contribution in [0.4, 0.5) is 14.5 Å². The first-order valence-electron chi connectivity index (χ1n) is 12.3. The van der Waals surface area contributed by atoms with Gasteiger partial charge in [-0.2, -0.15) is 0 Å². The summed E-state index contributed by atoms with van der Waals surface area (Å²) in [4.78, 5) is 20.7. The van der Waals surface area contributed by atoms with Gasteiger partial charge in [0.1, 0.15) is 17.2 Å². The van der Waals surface area contributed by atoms with Crippen molar-refractivity contribution in [1.29, 1.82) is 0 Å². The molecule has 37 heavy (non-hydrogen) atoms. The Bertz CT molecular complexity index is 1450. The molecule has 0 saturated heterocycles. The number of hydrogen-bond acceptors (Lipinski definition) is 5. The van der Waals surface area contributed by atoms with Crippen molar-refractivity contribution in [3.63, 3.8) is 0 Å². The number of halogens is 3. The Balaban J connectivity index is 1.47. The highest BCUT2D eigenvalue weighted by Gasteiger charge is 2.25. The molecule has 0 unspecified atom stereocenters. The lowest BCUT2D eigenvalue weighted by Gasteiger charge is -2.14. The van der Waals surface area contributed by atoms with Crippen LogP contribution >= 0.6 is 23.5 Å². The fourth-order valence-corrected chi connectivity index (χ4v) is 5.44. The van der Waals surface area contributed by atoms with Crippen LogP contribution in [0.3, 0.4) is 0 Å². The van der Waals surface area contributed by atoms with Crippen molar-refractivity contribution in [2.75, 3.05) is 10.5 Å². The highest BCUT2D eigenvalue weighted by Crippen LogP contribution is 2.35. The molecule has 4 aromatic rings. The second-order valence-corrected chi connectivity index (χ2v) is 10.4. The van der Waals surface area contributed by atoms with Crippen LogP contribution < -0.4 is 9.46 Å². The summed E-state index contributed by atoms with van der Waals surface area (Å²) >= 11 is 7.89. The molecule has 1 aliphatic rings. The number of hydrogen-bond donors (Lipinski definition) is 2. The standard InChI is InChI=1S/C28H26ClF2N3O2S/c1-2-11-37-34-24-10-9-23(30)25(26(24)31)27(35)21-15-33-28-20(21)12-16(14-32-28)19-8-7-18(13-22(19)29)36-17-5-3-4-6-17/h7-10,12-15,17,34H,2-6,11H2,1H3,(H,32,33). The van der Waals surface area contributed by atoms with Crippen LogP contribution in [0.5, 0.6) is 5.75 Å². The lowest BCUT2D eigenvalue weighted by atomic mass is 9.99. The number of aromatic nitrogens is 2. The second kappa shape index (κ2) is 11.1. The van der Waals surface area contributed by atoms with Gasteiger partial charge in [0.2, 0.25) is 5.78 Å². The van der Waals surface area contributed by atoms with E-state index in [1.807, 2.05) is 19.1 Å². The Kier molecular flexibility index (Phi) is 7.67. The first-order chi connectivity index (χ1) is 18.0. The van der Waals surface area contributed by atoms with Crippen molar-refractivity contribution in [3.8, 4) is 16.9 Å². The number of nitrogens with one attached hydrogen (secondary N) is 2. The summed E-state index contributed by atoms with van der Waals surface area (Å²) in [6, 6.07) is 9.64. The second-order valence-electron chi connectivity index (χ2n) is 9.05. The molecule has 1 fully saturated rings. The molecule has 2 heterocycles.